The van der Waals surface area contributed by atoms with Crippen LogP contribution in [-0.2, 0) is 14.6 Å². The molecule has 1 saturated carbocycles. The number of carbonyl (C=O) groups is 1. The van der Waals surface area contributed by atoms with E-state index in [9.17, 15) is 13.2 Å². The maximum atomic E-state index is 13.8. The summed E-state index contributed by atoms with van der Waals surface area (Å²) < 4.78 is 26.3. The van der Waals surface area contributed by atoms with Crippen LogP contribution in [0.4, 0.5) is 5.13 Å². The Bertz CT molecular complexity index is 988. The molecule has 29 heavy (non-hydrogen) atoms. The number of thiazole rings is 1. The summed E-state index contributed by atoms with van der Waals surface area (Å²) in [6.45, 7) is 6.12. The van der Waals surface area contributed by atoms with Crippen LogP contribution in [0.1, 0.15) is 36.8 Å². The number of nitrogens with zero attached hydrogens (tertiary/aromatic N) is 3. The summed E-state index contributed by atoms with van der Waals surface area (Å²) in [5, 5.41) is 2.90. The van der Waals surface area contributed by atoms with Gasteiger partial charge in [-0.25, -0.2) is 13.4 Å². The van der Waals surface area contributed by atoms with Crippen molar-refractivity contribution in [1.82, 2.24) is 9.88 Å². The van der Waals surface area contributed by atoms with E-state index in [0.717, 1.165) is 23.5 Å². The molecule has 2 fully saturated rings. The number of carbonyl (C=O) groups excluding carboxylic acids is 1. The lowest BCUT2D eigenvalue weighted by Crippen LogP contribution is -2.57. The van der Waals surface area contributed by atoms with Gasteiger partial charge in [0, 0.05) is 37.8 Å². The van der Waals surface area contributed by atoms with E-state index in [1.54, 1.807) is 28.5 Å². The summed E-state index contributed by atoms with van der Waals surface area (Å²) in [5.41, 5.74) is 1.61. The van der Waals surface area contributed by atoms with E-state index in [1.807, 2.05) is 31.4 Å². The predicted octanol–water partition coefficient (Wildman–Crippen LogP) is 3.20. The molecule has 8 heteroatoms. The Hall–Kier alpha value is -1.93. The maximum Gasteiger partial charge on any atom is 0.244 e. The average Bonchev–Trinajstić information content (AvgIpc) is 3.42. The Labute approximate surface area is 176 Å². The topological polar surface area (TPSA) is 70.6 Å². The van der Waals surface area contributed by atoms with Gasteiger partial charge in [-0.1, -0.05) is 25.0 Å². The summed E-state index contributed by atoms with van der Waals surface area (Å²) in [4.78, 5) is 22.2. The number of aromatic nitrogens is 1. The van der Waals surface area contributed by atoms with Gasteiger partial charge in [-0.3, -0.25) is 4.79 Å². The van der Waals surface area contributed by atoms with E-state index < -0.39 is 14.6 Å². The van der Waals surface area contributed by atoms with Crippen LogP contribution < -0.4 is 4.90 Å². The quantitative estimate of drug-likeness (QED) is 0.741. The van der Waals surface area contributed by atoms with Gasteiger partial charge in [0.1, 0.15) is 0 Å². The second kappa shape index (κ2) is 7.72. The van der Waals surface area contributed by atoms with Gasteiger partial charge in [0.25, 0.3) is 0 Å². The first-order valence-corrected chi connectivity index (χ1v) is 12.5. The highest BCUT2D eigenvalue weighted by Crippen LogP contribution is 2.43. The summed E-state index contributed by atoms with van der Waals surface area (Å²) in [6, 6.07) is 5.47. The number of hydrogen-bond donors (Lipinski definition) is 0. The van der Waals surface area contributed by atoms with E-state index in [2.05, 4.69) is 9.88 Å². The van der Waals surface area contributed by atoms with Crippen LogP contribution in [0.25, 0.3) is 0 Å². The van der Waals surface area contributed by atoms with Gasteiger partial charge in [-0.15, -0.1) is 11.3 Å². The van der Waals surface area contributed by atoms with Gasteiger partial charge in [0.15, 0.2) is 19.7 Å². The highest BCUT2D eigenvalue weighted by molar-refractivity contribution is 7.93. The van der Waals surface area contributed by atoms with Gasteiger partial charge >= 0.3 is 0 Å². The zero-order chi connectivity index (χ0) is 20.6. The smallest absolute Gasteiger partial charge is 0.244 e. The largest absolute Gasteiger partial charge is 0.345 e. The monoisotopic (exact) mass is 433 g/mol. The molecule has 1 aromatic carbocycles. The van der Waals surface area contributed by atoms with E-state index in [-0.39, 0.29) is 5.91 Å². The molecule has 1 amide bonds. The number of benzene rings is 1. The second-order valence-electron chi connectivity index (χ2n) is 8.07. The molecule has 1 saturated heterocycles. The van der Waals surface area contributed by atoms with Crippen molar-refractivity contribution in [3.05, 3.63) is 40.9 Å². The Balaban J connectivity index is 1.62. The normalized spacial score (nSPS) is 19.5. The third kappa shape index (κ3) is 3.46. The summed E-state index contributed by atoms with van der Waals surface area (Å²) in [5.74, 6) is -0.213. The molecule has 4 rings (SSSR count). The lowest BCUT2D eigenvalue weighted by molar-refractivity contribution is -0.134. The van der Waals surface area contributed by atoms with Crippen LogP contribution >= 0.6 is 11.3 Å². The van der Waals surface area contributed by atoms with E-state index >= 15 is 0 Å². The lowest BCUT2D eigenvalue weighted by atomic mass is 10.0. The Morgan fingerprint density at radius 3 is 2.41 bits per heavy atom. The SMILES string of the molecule is Cc1ccc(C)c(S(=O)(=O)C2(C(=O)N3CCN(c4nccs4)CC3)CCCC2)c1. The predicted molar refractivity (Wildman–Crippen MR) is 115 cm³/mol. The van der Waals surface area contributed by atoms with Gasteiger partial charge in [-0.2, -0.15) is 0 Å². The molecule has 0 bridgehead atoms. The highest BCUT2D eigenvalue weighted by atomic mass is 32.2. The van der Waals surface area contributed by atoms with Crippen molar-refractivity contribution >= 4 is 32.2 Å². The molecule has 0 radical (unpaired) electrons. The van der Waals surface area contributed by atoms with Crippen LogP contribution in [-0.4, -0.2) is 55.1 Å². The summed E-state index contributed by atoms with van der Waals surface area (Å²) in [7, 11) is -3.77. The third-order valence-corrected chi connectivity index (χ3v) is 9.67. The number of anilines is 1. The zero-order valence-corrected chi connectivity index (χ0v) is 18.6. The molecule has 2 aromatic rings. The number of rotatable bonds is 4. The first-order valence-electron chi connectivity index (χ1n) is 10.1. The fourth-order valence-corrected chi connectivity index (χ4v) is 7.65. The van der Waals surface area contributed by atoms with Crippen molar-refractivity contribution in [3.8, 4) is 0 Å². The van der Waals surface area contributed by atoms with Crippen molar-refractivity contribution < 1.29 is 13.2 Å². The molecule has 156 valence electrons. The molecule has 1 aliphatic carbocycles. The molecule has 0 N–H and O–H groups in total. The molecular weight excluding hydrogens is 406 g/mol. The highest BCUT2D eigenvalue weighted by Gasteiger charge is 2.55. The maximum absolute atomic E-state index is 13.8. The zero-order valence-electron chi connectivity index (χ0n) is 16.9. The van der Waals surface area contributed by atoms with Crippen LogP contribution in [0.15, 0.2) is 34.7 Å². The molecule has 0 spiro atoms. The fourth-order valence-electron chi connectivity index (χ4n) is 4.51. The van der Waals surface area contributed by atoms with Crippen molar-refractivity contribution in [2.24, 2.45) is 0 Å². The van der Waals surface area contributed by atoms with Crippen LogP contribution in [0.3, 0.4) is 0 Å². The Morgan fingerprint density at radius 1 is 1.10 bits per heavy atom. The van der Waals surface area contributed by atoms with Crippen LogP contribution in [0, 0.1) is 13.8 Å². The molecule has 6 nitrogen and oxygen atoms in total. The standard InChI is InChI=1S/C21H27N3O3S2/c1-16-5-6-17(2)18(15-16)29(26,27)21(7-3-4-8-21)19(25)23-10-12-24(13-11-23)20-22-9-14-28-20/h5-6,9,14-15H,3-4,7-8,10-13H2,1-2H3. The Morgan fingerprint density at radius 2 is 1.79 bits per heavy atom. The van der Waals surface area contributed by atoms with Gasteiger partial charge in [-0.05, 0) is 43.9 Å². The van der Waals surface area contributed by atoms with Crippen molar-refractivity contribution in [2.75, 3.05) is 31.1 Å². The van der Waals surface area contributed by atoms with Crippen LogP contribution in [0.2, 0.25) is 0 Å². The molecule has 0 unspecified atom stereocenters. The average molecular weight is 434 g/mol. The molecule has 1 aromatic heterocycles. The molecule has 1 aliphatic heterocycles. The fraction of sp³-hybridized carbons (Fsp3) is 0.524. The van der Waals surface area contributed by atoms with Crippen LogP contribution in [0.5, 0.6) is 0 Å². The second-order valence-corrected chi connectivity index (χ2v) is 11.2. The minimum Gasteiger partial charge on any atom is -0.345 e. The minimum absolute atomic E-state index is 0.213. The van der Waals surface area contributed by atoms with E-state index in [1.165, 1.54) is 0 Å². The molecule has 2 heterocycles. The molecular formula is C21H27N3O3S2. The molecule has 0 atom stereocenters. The first kappa shape index (κ1) is 20.3. The third-order valence-electron chi connectivity index (χ3n) is 6.21. The van der Waals surface area contributed by atoms with Crippen molar-refractivity contribution in [3.63, 3.8) is 0 Å². The number of hydrogen-bond acceptors (Lipinski definition) is 6. The van der Waals surface area contributed by atoms with Gasteiger partial charge < -0.3 is 9.80 Å². The lowest BCUT2D eigenvalue weighted by Gasteiger charge is -2.39. The summed E-state index contributed by atoms with van der Waals surface area (Å²) in [6.07, 6.45) is 4.15. The van der Waals surface area contributed by atoms with E-state index in [0.29, 0.717) is 49.5 Å². The van der Waals surface area contributed by atoms with Gasteiger partial charge in [0.05, 0.1) is 4.90 Å². The van der Waals surface area contributed by atoms with Crippen molar-refractivity contribution in [2.45, 2.75) is 49.2 Å². The van der Waals surface area contributed by atoms with Gasteiger partial charge in [0.2, 0.25) is 5.91 Å². The first-order chi connectivity index (χ1) is 13.8. The van der Waals surface area contributed by atoms with Crippen molar-refractivity contribution in [1.29, 1.82) is 0 Å². The minimum atomic E-state index is -3.77. The van der Waals surface area contributed by atoms with E-state index in [4.69, 9.17) is 0 Å². The Kier molecular flexibility index (Phi) is 5.42. The number of amides is 1. The number of aryl methyl sites for hydroxylation is 2. The molecule has 2 aliphatic rings. The summed E-state index contributed by atoms with van der Waals surface area (Å²) >= 11 is 1.58. The number of piperazine rings is 1. The number of sulfone groups is 1.